The van der Waals surface area contributed by atoms with Crippen molar-refractivity contribution in [2.24, 2.45) is 56.7 Å². The molecule has 15 atom stereocenters. The molecule has 0 amide bonds. The molecule has 6 aliphatic carbocycles. The van der Waals surface area contributed by atoms with E-state index in [4.69, 9.17) is 18.9 Å². The quantitative estimate of drug-likeness (QED) is 0.0784. The van der Waals surface area contributed by atoms with Crippen molar-refractivity contribution in [3.05, 3.63) is 28.8 Å². The molecule has 7 N–H and O–H groups in total. The summed E-state index contributed by atoms with van der Waals surface area (Å²) >= 11 is 0. The number of ketones is 1. The SMILES string of the molecule is CC(=O)c1c(C)c(O)c2cc(C(=O)O)cc(O[C@@H]3O[C@H](CO)[C@]4(CC[C@@H]5C[C@@]6(CC[C@@]7(CC[C@@H]8CCC[C@@H]9CCC[C@@]9%10CC[C@]87C%10)C6)C[C@H]6COC[C@](CCO)(CSSCO4)[C@@H]56)[C@H](O)[C@H]3O)c2c1O. The summed E-state index contributed by atoms with van der Waals surface area (Å²) in [6.07, 6.45) is 16.7. The summed E-state index contributed by atoms with van der Waals surface area (Å²) < 4.78 is 26.1. The molecule has 2 bridgehead atoms. The molecule has 0 radical (unpaired) electrons. The lowest BCUT2D eigenvalue weighted by Gasteiger charge is -2.58. The van der Waals surface area contributed by atoms with Crippen LogP contribution in [0.3, 0.4) is 0 Å². The summed E-state index contributed by atoms with van der Waals surface area (Å²) in [5.41, 5.74) is -0.749. The number of carboxylic acids is 1. The zero-order chi connectivity index (χ0) is 48.3. The third kappa shape index (κ3) is 7.48. The van der Waals surface area contributed by atoms with Crippen LogP contribution in [0.1, 0.15) is 155 Å². The summed E-state index contributed by atoms with van der Waals surface area (Å²) in [6, 6.07) is 2.27. The van der Waals surface area contributed by atoms with E-state index in [1.165, 1.54) is 115 Å². The first kappa shape index (κ1) is 48.9. The number of aliphatic hydroxyl groups is 4. The zero-order valence-electron chi connectivity index (χ0n) is 40.4. The Morgan fingerprint density at radius 2 is 1.67 bits per heavy atom. The van der Waals surface area contributed by atoms with Crippen molar-refractivity contribution < 1.29 is 64.3 Å². The zero-order valence-corrected chi connectivity index (χ0v) is 42.1. The fourth-order valence-electron chi connectivity index (χ4n) is 18.6. The number of carboxylic acid groups (broad SMARTS) is 1. The van der Waals surface area contributed by atoms with Gasteiger partial charge < -0.3 is 54.7 Å². The lowest BCUT2D eigenvalue weighted by atomic mass is 9.49. The number of aromatic hydroxyl groups is 2. The molecule has 15 heteroatoms. The second-order valence-corrected chi connectivity index (χ2v) is 26.4. The number of carbonyl (C=O) groups is 2. The van der Waals surface area contributed by atoms with Crippen LogP contribution in [0.25, 0.3) is 10.8 Å². The molecule has 11 rings (SSSR count). The fourth-order valence-corrected chi connectivity index (χ4v) is 21.0. The number of Topliss-reactive ketones (excluding diaryl/α,β-unsaturated/α-hetero) is 1. The molecule has 2 aromatic rings. The van der Waals surface area contributed by atoms with Crippen molar-refractivity contribution >= 4 is 44.1 Å². The largest absolute Gasteiger partial charge is 0.507 e. The first-order valence-electron chi connectivity index (χ1n) is 26.2. The van der Waals surface area contributed by atoms with Gasteiger partial charge in [0, 0.05) is 35.3 Å². The number of phenolic OH excluding ortho intramolecular Hbond substituents is 2. The molecule has 9 aliphatic rings. The molecule has 69 heavy (non-hydrogen) atoms. The smallest absolute Gasteiger partial charge is 0.335 e. The van der Waals surface area contributed by atoms with Crippen LogP contribution in [-0.4, -0.2) is 116 Å². The molecule has 0 aromatic heterocycles. The van der Waals surface area contributed by atoms with Crippen LogP contribution in [0.15, 0.2) is 12.1 Å². The molecule has 380 valence electrons. The fraction of sp³-hybridized carbons (Fsp3) is 0.778. The Bertz CT molecular complexity index is 2340. The Kier molecular flexibility index (Phi) is 12.7. The van der Waals surface area contributed by atoms with Gasteiger partial charge in [0.2, 0.25) is 6.29 Å². The van der Waals surface area contributed by atoms with Gasteiger partial charge in [-0.1, -0.05) is 34.4 Å². The summed E-state index contributed by atoms with van der Waals surface area (Å²) in [7, 11) is 3.17. The van der Waals surface area contributed by atoms with Crippen LogP contribution in [0.5, 0.6) is 17.2 Å². The number of rotatable bonds is 7. The number of phenols is 2. The van der Waals surface area contributed by atoms with Gasteiger partial charge in [-0.25, -0.2) is 4.79 Å². The van der Waals surface area contributed by atoms with Crippen molar-refractivity contribution in [2.45, 2.75) is 166 Å². The topological polar surface area (TPSA) is 213 Å². The number of hydrogen-bond acceptors (Lipinski definition) is 14. The van der Waals surface area contributed by atoms with Crippen LogP contribution in [0.4, 0.5) is 0 Å². The van der Waals surface area contributed by atoms with Crippen molar-refractivity contribution in [2.75, 3.05) is 38.1 Å². The summed E-state index contributed by atoms with van der Waals surface area (Å²) in [6.45, 7) is 3.41. The van der Waals surface area contributed by atoms with Crippen LogP contribution in [0, 0.1) is 63.6 Å². The summed E-state index contributed by atoms with van der Waals surface area (Å²) in [5, 5.41) is 79.1. The van der Waals surface area contributed by atoms with Crippen LogP contribution in [0.2, 0.25) is 0 Å². The highest BCUT2D eigenvalue weighted by Crippen LogP contribution is 2.80. The van der Waals surface area contributed by atoms with Crippen molar-refractivity contribution in [3.63, 3.8) is 0 Å². The third-order valence-corrected chi connectivity index (χ3v) is 23.5. The molecule has 13 nitrogen and oxygen atoms in total. The number of aliphatic hydroxyl groups excluding tert-OH is 4. The lowest BCUT2D eigenvalue weighted by molar-refractivity contribution is -0.323. The predicted molar refractivity (Wildman–Crippen MR) is 261 cm³/mol. The normalized spacial score (nSPS) is 44.1. The minimum absolute atomic E-state index is 0.0558. The van der Waals surface area contributed by atoms with E-state index < -0.39 is 60.1 Å². The molecule has 0 unspecified atom stereocenters. The standard InChI is InChI=1S/C54H74O13S2/c1-30-40(31(2)57)44(59)41-37(43(30)58)19-33(47(62)63)20-38(41)66-48-45(60)46(61)54(39(23-56)67-48)12-8-32-21-49(22-34-24-64-27-51(17-18-55,42(32)34)28-68-69-29-65-54)13-15-52(25-49)11-9-36-6-3-5-35-7-4-10-50(35)14-16-53(36,52)26-50/h19-20,32,34-36,39,42,45-46,48,55-56,58-61H,3-18,21-29H2,1-2H3,(H,62,63)/t32-,34+,35-,36+,39-,42+,45-,46-,48-,49+,50+,51-,52+,53+,54-/m1/s1. The van der Waals surface area contributed by atoms with Crippen LogP contribution >= 0.6 is 21.6 Å². The van der Waals surface area contributed by atoms with Gasteiger partial charge in [0.05, 0.1) is 29.7 Å². The Labute approximate surface area is 413 Å². The molecule has 3 heterocycles. The minimum atomic E-state index is -1.78. The Morgan fingerprint density at radius 3 is 2.45 bits per heavy atom. The highest BCUT2D eigenvalue weighted by atomic mass is 33.1. The number of aromatic carboxylic acids is 1. The lowest BCUT2D eigenvalue weighted by Crippen LogP contribution is -2.69. The number of carbonyl (C=O) groups excluding carboxylic acids is 1. The molecule has 6 saturated carbocycles. The van der Waals surface area contributed by atoms with Gasteiger partial charge in [-0.3, -0.25) is 4.79 Å². The van der Waals surface area contributed by atoms with E-state index in [-0.39, 0.29) is 74.8 Å². The highest BCUT2D eigenvalue weighted by Gasteiger charge is 2.71. The molecule has 9 fully saturated rings. The predicted octanol–water partition coefficient (Wildman–Crippen LogP) is 8.91. The highest BCUT2D eigenvalue weighted by molar-refractivity contribution is 8.76. The molecular formula is C54H74O13S2. The Balaban J connectivity index is 0.918. The number of benzene rings is 2. The van der Waals surface area contributed by atoms with E-state index in [2.05, 4.69) is 0 Å². The number of fused-ring (bicyclic) bond motifs is 1. The molecule has 3 aliphatic heterocycles. The van der Waals surface area contributed by atoms with Gasteiger partial charge >= 0.3 is 5.97 Å². The van der Waals surface area contributed by atoms with Gasteiger partial charge in [-0.05, 0) is 186 Å². The van der Waals surface area contributed by atoms with Gasteiger partial charge in [0.1, 0.15) is 47.1 Å². The maximum Gasteiger partial charge on any atom is 0.335 e. The van der Waals surface area contributed by atoms with Crippen LogP contribution < -0.4 is 4.74 Å². The first-order valence-corrected chi connectivity index (χ1v) is 28.7. The Hall–Kier alpha value is -2.34. The Morgan fingerprint density at radius 1 is 0.870 bits per heavy atom. The minimum Gasteiger partial charge on any atom is -0.507 e. The average Bonchev–Trinajstić information content (AvgIpc) is 4.08. The molecule has 2 aromatic carbocycles. The number of ether oxygens (including phenoxy) is 4. The van der Waals surface area contributed by atoms with E-state index in [1.54, 1.807) is 10.8 Å². The maximum absolute atomic E-state index is 12.7. The molecule has 3 saturated heterocycles. The molecule has 5 spiro atoms. The van der Waals surface area contributed by atoms with Gasteiger partial charge in [-0.2, -0.15) is 0 Å². The average molecular weight is 995 g/mol. The second kappa shape index (κ2) is 18.0. The van der Waals surface area contributed by atoms with Gasteiger partial charge in [0.25, 0.3) is 0 Å². The first-order chi connectivity index (χ1) is 33.1. The van der Waals surface area contributed by atoms with E-state index >= 15 is 0 Å². The van der Waals surface area contributed by atoms with Gasteiger partial charge in [0.15, 0.2) is 5.78 Å². The van der Waals surface area contributed by atoms with E-state index in [0.29, 0.717) is 48.2 Å². The second-order valence-electron chi connectivity index (χ2n) is 24.0. The van der Waals surface area contributed by atoms with Gasteiger partial charge in [-0.15, -0.1) is 0 Å². The van der Waals surface area contributed by atoms with Crippen LogP contribution in [-0.2, 0) is 14.2 Å². The maximum atomic E-state index is 12.7. The van der Waals surface area contributed by atoms with Crippen molar-refractivity contribution in [1.82, 2.24) is 0 Å². The molecular weight excluding hydrogens is 921 g/mol. The van der Waals surface area contributed by atoms with E-state index in [0.717, 1.165) is 42.6 Å². The number of hydrogen-bond donors (Lipinski definition) is 7. The monoisotopic (exact) mass is 994 g/mol. The third-order valence-electron chi connectivity index (χ3n) is 21.3. The van der Waals surface area contributed by atoms with E-state index in [9.17, 15) is 45.3 Å². The summed E-state index contributed by atoms with van der Waals surface area (Å²) in [4.78, 5) is 25.1. The summed E-state index contributed by atoms with van der Waals surface area (Å²) in [5.74, 6) is 0.209. The van der Waals surface area contributed by atoms with E-state index in [1.807, 2.05) is 0 Å². The van der Waals surface area contributed by atoms with Crippen molar-refractivity contribution in [3.8, 4) is 17.2 Å². The van der Waals surface area contributed by atoms with Crippen molar-refractivity contribution in [1.29, 1.82) is 0 Å².